The Labute approximate surface area is 74.8 Å². The van der Waals surface area contributed by atoms with Crippen LogP contribution in [0.15, 0.2) is 11.1 Å². The van der Waals surface area contributed by atoms with Crippen LogP contribution in [0.3, 0.4) is 0 Å². The van der Waals surface area contributed by atoms with E-state index in [2.05, 4.69) is 5.32 Å². The summed E-state index contributed by atoms with van der Waals surface area (Å²) in [6, 6.07) is 0. The lowest BCUT2D eigenvalue weighted by Crippen LogP contribution is -2.18. The molecule has 1 rings (SSSR count). The summed E-state index contributed by atoms with van der Waals surface area (Å²) in [5.74, 6) is -0.103. The molecule has 1 aliphatic rings. The third-order valence-corrected chi connectivity index (χ3v) is 2.17. The van der Waals surface area contributed by atoms with E-state index in [-0.39, 0.29) is 5.91 Å². The third-order valence-electron chi connectivity index (χ3n) is 1.02. The van der Waals surface area contributed by atoms with Gasteiger partial charge in [0.25, 0.3) is 5.91 Å². The second-order valence-electron chi connectivity index (χ2n) is 2.30. The molecule has 0 radical (unpaired) electrons. The molecule has 0 aromatic rings. The highest BCUT2D eigenvalue weighted by Gasteiger charge is 2.21. The number of thioether (sulfide) groups is 1. The molecule has 1 fully saturated rings. The highest BCUT2D eigenvalue weighted by Crippen LogP contribution is 2.22. The van der Waals surface area contributed by atoms with Crippen LogP contribution < -0.4 is 5.32 Å². The average Bonchev–Trinajstić information content (AvgIpc) is 2.09. The predicted molar refractivity (Wildman–Crippen MR) is 50.1 cm³/mol. The average molecular weight is 188 g/mol. The molecule has 0 spiro atoms. The van der Waals surface area contributed by atoms with Crippen LogP contribution >= 0.6 is 24.0 Å². The molecule has 1 N–H and O–H groups in total. The summed E-state index contributed by atoms with van der Waals surface area (Å²) in [6.07, 6.45) is 1.75. The molecule has 0 unspecified atom stereocenters. The molecule has 0 aromatic heterocycles. The summed E-state index contributed by atoms with van der Waals surface area (Å²) >= 11 is 6.09. The van der Waals surface area contributed by atoms with Crippen LogP contribution in [0.2, 0.25) is 0 Å². The van der Waals surface area contributed by atoms with Gasteiger partial charge < -0.3 is 10.2 Å². The van der Waals surface area contributed by atoms with E-state index in [4.69, 9.17) is 12.2 Å². The summed E-state index contributed by atoms with van der Waals surface area (Å²) in [6.45, 7) is 0. The van der Waals surface area contributed by atoms with E-state index in [0.29, 0.717) is 9.23 Å². The van der Waals surface area contributed by atoms with Crippen molar-refractivity contribution < 1.29 is 4.79 Å². The second kappa shape index (κ2) is 3.23. The van der Waals surface area contributed by atoms with Crippen LogP contribution in [0.1, 0.15) is 0 Å². The van der Waals surface area contributed by atoms with Gasteiger partial charge in [0.1, 0.15) is 4.32 Å². The van der Waals surface area contributed by atoms with Gasteiger partial charge in [-0.1, -0.05) is 24.0 Å². The Morgan fingerprint density at radius 2 is 2.27 bits per heavy atom. The Morgan fingerprint density at radius 1 is 1.64 bits per heavy atom. The number of amides is 1. The number of rotatable bonds is 1. The molecule has 1 aliphatic heterocycles. The maximum absolute atomic E-state index is 11.0. The maximum Gasteiger partial charge on any atom is 0.265 e. The predicted octanol–water partition coefficient (Wildman–Crippen LogP) is 0.537. The molecule has 0 aliphatic carbocycles. The number of hydrogen-bond donors (Lipinski definition) is 1. The van der Waals surface area contributed by atoms with Gasteiger partial charge in [0.15, 0.2) is 0 Å². The van der Waals surface area contributed by atoms with Gasteiger partial charge in [0.05, 0.1) is 4.91 Å². The van der Waals surface area contributed by atoms with Crippen molar-refractivity contribution >= 4 is 34.2 Å². The Hall–Kier alpha value is -0.550. The van der Waals surface area contributed by atoms with Gasteiger partial charge in [0, 0.05) is 20.3 Å². The summed E-state index contributed by atoms with van der Waals surface area (Å²) < 4.78 is 0.531. The molecule has 0 saturated carbocycles. The van der Waals surface area contributed by atoms with Crippen LogP contribution in [0.5, 0.6) is 0 Å². The number of nitrogens with zero attached hydrogens (tertiary/aromatic N) is 1. The molecule has 0 bridgehead atoms. The van der Waals surface area contributed by atoms with Gasteiger partial charge in [-0.05, 0) is 0 Å². The monoisotopic (exact) mass is 188 g/mol. The fraction of sp³-hybridized carbons (Fsp3) is 0.333. The van der Waals surface area contributed by atoms with Crippen molar-refractivity contribution in [1.82, 2.24) is 10.2 Å². The zero-order valence-corrected chi connectivity index (χ0v) is 7.88. The van der Waals surface area contributed by atoms with Gasteiger partial charge in [0.2, 0.25) is 0 Å². The summed E-state index contributed by atoms with van der Waals surface area (Å²) in [4.78, 5) is 13.5. The molecule has 1 saturated heterocycles. The first-order chi connectivity index (χ1) is 5.09. The lowest BCUT2D eigenvalue weighted by Gasteiger charge is -2.03. The summed E-state index contributed by atoms with van der Waals surface area (Å²) in [5.41, 5.74) is 0. The Morgan fingerprint density at radius 3 is 2.64 bits per heavy atom. The van der Waals surface area contributed by atoms with E-state index >= 15 is 0 Å². The minimum absolute atomic E-state index is 0.103. The molecule has 0 atom stereocenters. The Bertz CT molecular complexity index is 235. The fourth-order valence-corrected chi connectivity index (χ4v) is 1.76. The second-order valence-corrected chi connectivity index (χ2v) is 4.02. The van der Waals surface area contributed by atoms with Crippen molar-refractivity contribution in [3.05, 3.63) is 11.1 Å². The van der Waals surface area contributed by atoms with E-state index in [1.54, 1.807) is 6.20 Å². The normalized spacial score (nSPS) is 20.7. The van der Waals surface area contributed by atoms with Crippen molar-refractivity contribution in [2.45, 2.75) is 0 Å². The van der Waals surface area contributed by atoms with E-state index < -0.39 is 0 Å². The van der Waals surface area contributed by atoms with Crippen LogP contribution in [-0.4, -0.2) is 29.2 Å². The first-order valence-corrected chi connectivity index (χ1v) is 4.23. The first kappa shape index (κ1) is 8.55. The highest BCUT2D eigenvalue weighted by atomic mass is 32.2. The Kier molecular flexibility index (Phi) is 2.51. The van der Waals surface area contributed by atoms with Gasteiger partial charge in [-0.3, -0.25) is 4.79 Å². The highest BCUT2D eigenvalue weighted by molar-refractivity contribution is 8.26. The van der Waals surface area contributed by atoms with Crippen molar-refractivity contribution in [2.75, 3.05) is 14.1 Å². The lowest BCUT2D eigenvalue weighted by molar-refractivity contribution is -0.115. The standard InChI is InChI=1S/C6H8N2OS2/c1-8(2)3-4-5(9)7-6(10)11-4/h3H,1-2H3,(H,7,9,10)/b4-3+. The molecular formula is C6H8N2OS2. The van der Waals surface area contributed by atoms with Crippen LogP contribution in [0.25, 0.3) is 0 Å². The van der Waals surface area contributed by atoms with Gasteiger partial charge in [-0.25, -0.2) is 0 Å². The van der Waals surface area contributed by atoms with E-state index in [0.717, 1.165) is 0 Å². The SMILES string of the molecule is CN(C)/C=C1/SC(=S)NC1=O. The maximum atomic E-state index is 11.0. The molecule has 1 amide bonds. The van der Waals surface area contributed by atoms with Crippen LogP contribution in [-0.2, 0) is 4.79 Å². The van der Waals surface area contributed by atoms with Crippen molar-refractivity contribution in [2.24, 2.45) is 0 Å². The summed E-state index contributed by atoms with van der Waals surface area (Å²) in [5, 5.41) is 2.53. The first-order valence-electron chi connectivity index (χ1n) is 3.01. The molecule has 5 heteroatoms. The van der Waals surface area contributed by atoms with E-state index in [9.17, 15) is 4.79 Å². The molecule has 11 heavy (non-hydrogen) atoms. The lowest BCUT2D eigenvalue weighted by atomic mass is 10.5. The molecule has 60 valence electrons. The number of carbonyl (C=O) groups excluding carboxylic acids is 1. The van der Waals surface area contributed by atoms with E-state index in [1.807, 2.05) is 19.0 Å². The largest absolute Gasteiger partial charge is 0.382 e. The number of thiocarbonyl (C=S) groups is 1. The third kappa shape index (κ3) is 2.20. The summed E-state index contributed by atoms with van der Waals surface area (Å²) in [7, 11) is 3.73. The zero-order chi connectivity index (χ0) is 8.43. The van der Waals surface area contributed by atoms with Gasteiger partial charge in [-0.15, -0.1) is 0 Å². The minimum atomic E-state index is -0.103. The van der Waals surface area contributed by atoms with Gasteiger partial charge >= 0.3 is 0 Å². The fourth-order valence-electron chi connectivity index (χ4n) is 0.646. The van der Waals surface area contributed by atoms with Gasteiger partial charge in [-0.2, -0.15) is 0 Å². The molecule has 1 heterocycles. The van der Waals surface area contributed by atoms with Crippen LogP contribution in [0.4, 0.5) is 0 Å². The molecular weight excluding hydrogens is 180 g/mol. The smallest absolute Gasteiger partial charge is 0.265 e. The number of carbonyl (C=O) groups is 1. The van der Waals surface area contributed by atoms with Crippen molar-refractivity contribution in [3.63, 3.8) is 0 Å². The molecule has 3 nitrogen and oxygen atoms in total. The molecule has 0 aromatic carbocycles. The zero-order valence-electron chi connectivity index (χ0n) is 6.25. The van der Waals surface area contributed by atoms with E-state index in [1.165, 1.54) is 11.8 Å². The van der Waals surface area contributed by atoms with Crippen molar-refractivity contribution in [3.8, 4) is 0 Å². The topological polar surface area (TPSA) is 32.3 Å². The Balaban J connectivity index is 2.75. The minimum Gasteiger partial charge on any atom is -0.382 e. The quantitative estimate of drug-likeness (QED) is 0.481. The van der Waals surface area contributed by atoms with Crippen molar-refractivity contribution in [1.29, 1.82) is 0 Å². The number of hydrogen-bond acceptors (Lipinski definition) is 4. The van der Waals surface area contributed by atoms with Crippen LogP contribution in [0, 0.1) is 0 Å². The number of nitrogens with one attached hydrogen (secondary N) is 1.